The lowest BCUT2D eigenvalue weighted by atomic mass is 10.1. The maximum atomic E-state index is 12.1. The maximum absolute atomic E-state index is 12.1. The molecule has 0 aromatic heterocycles. The van der Waals surface area contributed by atoms with E-state index in [4.69, 9.17) is 11.6 Å². The molecule has 5 nitrogen and oxygen atoms in total. The molecule has 0 spiro atoms. The van der Waals surface area contributed by atoms with Crippen molar-refractivity contribution in [3.8, 4) is 0 Å². The van der Waals surface area contributed by atoms with Gasteiger partial charge in [-0.15, -0.1) is 11.6 Å². The van der Waals surface area contributed by atoms with E-state index >= 15 is 0 Å². The number of hydrogen-bond donors (Lipinski definition) is 1. The maximum Gasteiger partial charge on any atom is 0.269 e. The summed E-state index contributed by atoms with van der Waals surface area (Å²) in [4.78, 5) is 22.3. The van der Waals surface area contributed by atoms with Gasteiger partial charge in [0.05, 0.1) is 4.92 Å². The summed E-state index contributed by atoms with van der Waals surface area (Å²) >= 11 is 6.12. The van der Waals surface area contributed by atoms with E-state index in [1.807, 2.05) is 6.07 Å². The molecule has 6 heteroatoms. The molecule has 0 saturated carbocycles. The molecule has 21 heavy (non-hydrogen) atoms. The van der Waals surface area contributed by atoms with E-state index in [-0.39, 0.29) is 11.6 Å². The number of rotatable bonds is 4. The van der Waals surface area contributed by atoms with Crippen LogP contribution in [0.3, 0.4) is 0 Å². The Bertz CT molecular complexity index is 674. The summed E-state index contributed by atoms with van der Waals surface area (Å²) in [7, 11) is 0. The number of aryl methyl sites for hydroxylation is 1. The highest BCUT2D eigenvalue weighted by molar-refractivity contribution is 6.32. The predicted molar refractivity (Wildman–Crippen MR) is 81.5 cm³/mol. The van der Waals surface area contributed by atoms with Gasteiger partial charge < -0.3 is 5.32 Å². The van der Waals surface area contributed by atoms with Crippen LogP contribution in [0.1, 0.15) is 16.5 Å². The Hall–Kier alpha value is -2.40. The summed E-state index contributed by atoms with van der Waals surface area (Å²) in [5.41, 5.74) is 1.79. The van der Waals surface area contributed by atoms with Crippen LogP contribution >= 0.6 is 11.6 Å². The first kappa shape index (κ1) is 15.0. The van der Waals surface area contributed by atoms with Gasteiger partial charge in [0.25, 0.3) is 5.69 Å². The molecule has 1 N–H and O–H groups in total. The van der Waals surface area contributed by atoms with Gasteiger partial charge >= 0.3 is 0 Å². The van der Waals surface area contributed by atoms with Gasteiger partial charge in [0.2, 0.25) is 5.91 Å². The zero-order chi connectivity index (χ0) is 15.4. The fourth-order valence-corrected chi connectivity index (χ4v) is 2.07. The summed E-state index contributed by atoms with van der Waals surface area (Å²) in [6.07, 6.45) is 0. The summed E-state index contributed by atoms with van der Waals surface area (Å²) in [6.45, 7) is 1.69. The van der Waals surface area contributed by atoms with E-state index in [2.05, 4.69) is 5.32 Å². The summed E-state index contributed by atoms with van der Waals surface area (Å²) in [6, 6.07) is 13.2. The van der Waals surface area contributed by atoms with Crippen molar-refractivity contribution in [3.05, 3.63) is 69.8 Å². The Morgan fingerprint density at radius 3 is 2.48 bits per heavy atom. The van der Waals surface area contributed by atoms with Gasteiger partial charge in [0, 0.05) is 17.8 Å². The zero-order valence-electron chi connectivity index (χ0n) is 11.2. The number of alkyl halides is 1. The van der Waals surface area contributed by atoms with Crippen LogP contribution in [-0.2, 0) is 4.79 Å². The second kappa shape index (κ2) is 6.37. The number of nitrogens with one attached hydrogen (secondary N) is 1. The molecule has 1 amide bonds. The Morgan fingerprint density at radius 2 is 1.90 bits per heavy atom. The molecule has 0 saturated heterocycles. The first-order valence-electron chi connectivity index (χ1n) is 6.24. The molecule has 1 atom stereocenters. The first-order valence-corrected chi connectivity index (χ1v) is 6.67. The van der Waals surface area contributed by atoms with E-state index in [0.717, 1.165) is 0 Å². The van der Waals surface area contributed by atoms with Crippen molar-refractivity contribution in [2.45, 2.75) is 12.3 Å². The fourth-order valence-electron chi connectivity index (χ4n) is 1.87. The third-order valence-corrected chi connectivity index (χ3v) is 3.45. The molecule has 1 unspecified atom stereocenters. The van der Waals surface area contributed by atoms with Crippen molar-refractivity contribution in [1.82, 2.24) is 0 Å². The molecule has 108 valence electrons. The SMILES string of the molecule is Cc1cc([N+](=O)[O-])ccc1NC(=O)C(Cl)c1ccccc1. The molecule has 0 bridgehead atoms. The highest BCUT2D eigenvalue weighted by atomic mass is 35.5. The Morgan fingerprint density at radius 1 is 1.24 bits per heavy atom. The van der Waals surface area contributed by atoms with Crippen molar-refractivity contribution in [2.75, 3.05) is 5.32 Å². The van der Waals surface area contributed by atoms with Gasteiger partial charge in [0.1, 0.15) is 5.38 Å². The number of anilines is 1. The number of hydrogen-bond acceptors (Lipinski definition) is 3. The quantitative estimate of drug-likeness (QED) is 0.530. The van der Waals surface area contributed by atoms with Crippen LogP contribution in [0.5, 0.6) is 0 Å². The highest BCUT2D eigenvalue weighted by Crippen LogP contribution is 2.25. The molecule has 2 aromatic rings. The van der Waals surface area contributed by atoms with Gasteiger partial charge in [0.15, 0.2) is 0 Å². The minimum Gasteiger partial charge on any atom is -0.324 e. The van der Waals surface area contributed by atoms with Crippen molar-refractivity contribution in [2.24, 2.45) is 0 Å². The van der Waals surface area contributed by atoms with Crippen LogP contribution < -0.4 is 5.32 Å². The number of non-ortho nitro benzene ring substituents is 1. The number of nitro groups is 1. The zero-order valence-corrected chi connectivity index (χ0v) is 12.0. The van der Waals surface area contributed by atoms with Crippen molar-refractivity contribution in [3.63, 3.8) is 0 Å². The normalized spacial score (nSPS) is 11.7. The van der Waals surface area contributed by atoms with Crippen LogP contribution in [0, 0.1) is 17.0 Å². The molecule has 2 aromatic carbocycles. The van der Waals surface area contributed by atoms with Crippen molar-refractivity contribution < 1.29 is 9.72 Å². The lowest BCUT2D eigenvalue weighted by Gasteiger charge is -2.12. The van der Waals surface area contributed by atoms with E-state index < -0.39 is 10.3 Å². The lowest BCUT2D eigenvalue weighted by Crippen LogP contribution is -2.17. The minimum atomic E-state index is -0.819. The van der Waals surface area contributed by atoms with Crippen LogP contribution in [0.15, 0.2) is 48.5 Å². The number of nitrogens with zero attached hydrogens (tertiary/aromatic N) is 1. The molecule has 0 aliphatic carbocycles. The number of carbonyl (C=O) groups is 1. The van der Waals surface area contributed by atoms with Gasteiger partial charge in [-0.2, -0.15) is 0 Å². The molecule has 0 fully saturated rings. The van der Waals surface area contributed by atoms with Gasteiger partial charge in [-0.05, 0) is 24.1 Å². The summed E-state index contributed by atoms with van der Waals surface area (Å²) in [5, 5.41) is 12.5. The number of halogens is 1. The van der Waals surface area contributed by atoms with E-state index in [1.54, 1.807) is 31.2 Å². The number of benzene rings is 2. The second-order valence-corrected chi connectivity index (χ2v) is 4.96. The first-order chi connectivity index (χ1) is 9.99. The van der Waals surface area contributed by atoms with Crippen molar-refractivity contribution in [1.29, 1.82) is 0 Å². The van der Waals surface area contributed by atoms with Crippen LogP contribution in [0.4, 0.5) is 11.4 Å². The highest BCUT2D eigenvalue weighted by Gasteiger charge is 2.18. The average molecular weight is 305 g/mol. The fraction of sp³-hybridized carbons (Fsp3) is 0.133. The smallest absolute Gasteiger partial charge is 0.269 e. The van der Waals surface area contributed by atoms with Gasteiger partial charge in [-0.3, -0.25) is 14.9 Å². The Balaban J connectivity index is 2.15. The molecule has 0 aliphatic heterocycles. The Labute approximate surface area is 126 Å². The summed E-state index contributed by atoms with van der Waals surface area (Å²) < 4.78 is 0. The minimum absolute atomic E-state index is 0.0176. The van der Waals surface area contributed by atoms with Gasteiger partial charge in [-0.1, -0.05) is 30.3 Å². The molecule has 0 radical (unpaired) electrons. The third-order valence-electron chi connectivity index (χ3n) is 3.00. The average Bonchev–Trinajstić information content (AvgIpc) is 2.49. The molecular formula is C15H13ClN2O3. The standard InChI is InChI=1S/C15H13ClN2O3/c1-10-9-12(18(20)21)7-8-13(10)17-15(19)14(16)11-5-3-2-4-6-11/h2-9,14H,1H3,(H,17,19). The van der Waals surface area contributed by atoms with Crippen LogP contribution in [0.2, 0.25) is 0 Å². The molecule has 0 aliphatic rings. The van der Waals surface area contributed by atoms with Crippen LogP contribution in [-0.4, -0.2) is 10.8 Å². The van der Waals surface area contributed by atoms with E-state index in [1.165, 1.54) is 18.2 Å². The number of nitro benzene ring substituents is 1. The number of amides is 1. The third kappa shape index (κ3) is 3.58. The number of carbonyl (C=O) groups excluding carboxylic acids is 1. The summed E-state index contributed by atoms with van der Waals surface area (Å²) in [5.74, 6) is -0.375. The van der Waals surface area contributed by atoms with E-state index in [9.17, 15) is 14.9 Å². The monoisotopic (exact) mass is 304 g/mol. The topological polar surface area (TPSA) is 72.2 Å². The van der Waals surface area contributed by atoms with Crippen LogP contribution in [0.25, 0.3) is 0 Å². The Kier molecular flexibility index (Phi) is 4.55. The van der Waals surface area contributed by atoms with Gasteiger partial charge in [-0.25, -0.2) is 0 Å². The largest absolute Gasteiger partial charge is 0.324 e. The van der Waals surface area contributed by atoms with Crippen molar-refractivity contribution >= 4 is 28.9 Å². The predicted octanol–water partition coefficient (Wildman–Crippen LogP) is 3.82. The molecule has 2 rings (SSSR count). The molecular weight excluding hydrogens is 292 g/mol. The second-order valence-electron chi connectivity index (χ2n) is 4.52. The lowest BCUT2D eigenvalue weighted by molar-refractivity contribution is -0.384. The van der Waals surface area contributed by atoms with E-state index in [0.29, 0.717) is 16.8 Å². The molecule has 0 heterocycles.